The van der Waals surface area contributed by atoms with E-state index >= 15 is 0 Å². The Labute approximate surface area is 130 Å². The minimum atomic E-state index is 0.267. The summed E-state index contributed by atoms with van der Waals surface area (Å²) in [5.41, 5.74) is 4.47. The fourth-order valence-corrected chi connectivity index (χ4v) is 3.42. The van der Waals surface area contributed by atoms with Gasteiger partial charge < -0.3 is 5.32 Å². The van der Waals surface area contributed by atoms with E-state index in [0.29, 0.717) is 12.0 Å². The van der Waals surface area contributed by atoms with Crippen molar-refractivity contribution in [2.45, 2.75) is 66.1 Å². The highest BCUT2D eigenvalue weighted by Gasteiger charge is 2.36. The van der Waals surface area contributed by atoms with Gasteiger partial charge in [0.05, 0.1) is 0 Å². The molecule has 2 rings (SSSR count). The summed E-state index contributed by atoms with van der Waals surface area (Å²) in [7, 11) is 0. The van der Waals surface area contributed by atoms with Gasteiger partial charge in [0.15, 0.2) is 0 Å². The van der Waals surface area contributed by atoms with E-state index in [1.807, 2.05) is 0 Å². The van der Waals surface area contributed by atoms with Crippen LogP contribution in [0, 0.1) is 19.8 Å². The first-order chi connectivity index (χ1) is 9.84. The van der Waals surface area contributed by atoms with Gasteiger partial charge in [-0.15, -0.1) is 0 Å². The van der Waals surface area contributed by atoms with Crippen LogP contribution in [0.15, 0.2) is 18.2 Å². The van der Waals surface area contributed by atoms with E-state index in [1.54, 1.807) is 0 Å². The van der Waals surface area contributed by atoms with E-state index in [0.717, 1.165) is 19.6 Å². The van der Waals surface area contributed by atoms with Crippen LogP contribution < -0.4 is 5.32 Å². The van der Waals surface area contributed by atoms with Crippen molar-refractivity contribution in [3.05, 3.63) is 34.9 Å². The number of nitrogens with one attached hydrogen (secondary N) is 1. The molecule has 1 N–H and O–H groups in total. The molecule has 1 aromatic rings. The predicted molar refractivity (Wildman–Crippen MR) is 91.7 cm³/mol. The van der Waals surface area contributed by atoms with Crippen molar-refractivity contribution in [2.24, 2.45) is 5.92 Å². The zero-order valence-electron chi connectivity index (χ0n) is 14.7. The van der Waals surface area contributed by atoms with Crippen LogP contribution in [0.2, 0.25) is 0 Å². The Morgan fingerprint density at radius 1 is 1.24 bits per heavy atom. The van der Waals surface area contributed by atoms with Crippen LogP contribution in [-0.2, 0) is 6.54 Å². The number of rotatable bonds is 4. The van der Waals surface area contributed by atoms with Crippen molar-refractivity contribution in [2.75, 3.05) is 13.1 Å². The number of hydrogen-bond acceptors (Lipinski definition) is 2. The van der Waals surface area contributed by atoms with Gasteiger partial charge >= 0.3 is 0 Å². The van der Waals surface area contributed by atoms with Crippen molar-refractivity contribution in [3.8, 4) is 0 Å². The second-order valence-electron chi connectivity index (χ2n) is 7.46. The van der Waals surface area contributed by atoms with Gasteiger partial charge in [0.25, 0.3) is 0 Å². The summed E-state index contributed by atoms with van der Waals surface area (Å²) in [6.07, 6.45) is 1.19. The molecule has 1 aliphatic heterocycles. The van der Waals surface area contributed by atoms with Gasteiger partial charge in [-0.25, -0.2) is 0 Å². The lowest BCUT2D eigenvalue weighted by atomic mass is 9.88. The molecule has 1 fully saturated rings. The van der Waals surface area contributed by atoms with Crippen LogP contribution in [0.25, 0.3) is 0 Å². The molecular formula is C19H32N2. The van der Waals surface area contributed by atoms with Gasteiger partial charge in [-0.3, -0.25) is 4.90 Å². The lowest BCUT2D eigenvalue weighted by Gasteiger charge is -2.49. The molecule has 118 valence electrons. The first kappa shape index (κ1) is 16.5. The Morgan fingerprint density at radius 2 is 1.86 bits per heavy atom. The molecule has 2 heteroatoms. The molecule has 1 saturated heterocycles. The van der Waals surface area contributed by atoms with Crippen molar-refractivity contribution >= 4 is 0 Å². The third kappa shape index (κ3) is 3.87. The number of hydrogen-bond donors (Lipinski definition) is 1. The van der Waals surface area contributed by atoms with Gasteiger partial charge in [-0.2, -0.15) is 0 Å². The van der Waals surface area contributed by atoms with Crippen LogP contribution in [0.4, 0.5) is 0 Å². The SMILES string of the molecule is CCC1(C)CNC(C(C)C)CN1Cc1cc(C)cc(C)c1. The van der Waals surface area contributed by atoms with Gasteiger partial charge in [0, 0.05) is 31.2 Å². The van der Waals surface area contributed by atoms with Crippen molar-refractivity contribution in [1.82, 2.24) is 10.2 Å². The van der Waals surface area contributed by atoms with Gasteiger partial charge in [0.2, 0.25) is 0 Å². The van der Waals surface area contributed by atoms with Crippen molar-refractivity contribution < 1.29 is 0 Å². The molecule has 21 heavy (non-hydrogen) atoms. The molecule has 0 spiro atoms. The summed E-state index contributed by atoms with van der Waals surface area (Å²) in [6.45, 7) is 17.1. The highest BCUT2D eigenvalue weighted by Crippen LogP contribution is 2.27. The molecule has 0 aliphatic carbocycles. The van der Waals surface area contributed by atoms with E-state index in [9.17, 15) is 0 Å². The first-order valence-corrected chi connectivity index (χ1v) is 8.39. The molecular weight excluding hydrogens is 256 g/mol. The molecule has 0 amide bonds. The predicted octanol–water partition coefficient (Wildman–Crippen LogP) is 3.90. The molecule has 0 saturated carbocycles. The first-order valence-electron chi connectivity index (χ1n) is 8.39. The maximum Gasteiger partial charge on any atom is 0.0307 e. The van der Waals surface area contributed by atoms with E-state index in [4.69, 9.17) is 0 Å². The molecule has 0 aromatic heterocycles. The summed E-state index contributed by atoms with van der Waals surface area (Å²) in [6, 6.07) is 7.55. The molecule has 1 heterocycles. The zero-order chi connectivity index (χ0) is 15.6. The standard InChI is InChI=1S/C19H32N2/c1-7-19(6)13-20-18(14(2)3)12-21(19)11-17-9-15(4)8-16(5)10-17/h8-10,14,18,20H,7,11-13H2,1-6H3. The van der Waals surface area contributed by atoms with Crippen LogP contribution in [0.1, 0.15) is 50.8 Å². The molecule has 2 unspecified atom stereocenters. The number of nitrogens with zero attached hydrogens (tertiary/aromatic N) is 1. The fraction of sp³-hybridized carbons (Fsp3) is 0.684. The Hall–Kier alpha value is -0.860. The zero-order valence-corrected chi connectivity index (χ0v) is 14.7. The Morgan fingerprint density at radius 3 is 2.38 bits per heavy atom. The van der Waals surface area contributed by atoms with Crippen molar-refractivity contribution in [3.63, 3.8) is 0 Å². The minimum absolute atomic E-state index is 0.267. The van der Waals surface area contributed by atoms with Crippen LogP contribution in [-0.4, -0.2) is 29.6 Å². The van der Waals surface area contributed by atoms with E-state index in [1.165, 1.54) is 23.1 Å². The van der Waals surface area contributed by atoms with E-state index < -0.39 is 0 Å². The van der Waals surface area contributed by atoms with Crippen LogP contribution in [0.3, 0.4) is 0 Å². The highest BCUT2D eigenvalue weighted by atomic mass is 15.3. The molecule has 1 aromatic carbocycles. The average Bonchev–Trinajstić information content (AvgIpc) is 2.40. The number of piperazine rings is 1. The maximum atomic E-state index is 3.76. The Balaban J connectivity index is 2.20. The molecule has 0 bridgehead atoms. The lowest BCUT2D eigenvalue weighted by Crippen LogP contribution is -2.63. The molecule has 2 nitrogen and oxygen atoms in total. The van der Waals surface area contributed by atoms with Gasteiger partial charge in [-0.1, -0.05) is 50.1 Å². The third-order valence-corrected chi connectivity index (χ3v) is 5.15. The van der Waals surface area contributed by atoms with E-state index in [-0.39, 0.29) is 5.54 Å². The second kappa shape index (κ2) is 6.50. The fourth-order valence-electron chi connectivity index (χ4n) is 3.42. The van der Waals surface area contributed by atoms with Crippen molar-refractivity contribution in [1.29, 1.82) is 0 Å². The molecule has 2 atom stereocenters. The smallest absolute Gasteiger partial charge is 0.0307 e. The second-order valence-corrected chi connectivity index (χ2v) is 7.46. The third-order valence-electron chi connectivity index (χ3n) is 5.15. The summed E-state index contributed by atoms with van der Waals surface area (Å²) >= 11 is 0. The lowest BCUT2D eigenvalue weighted by molar-refractivity contribution is 0.0316. The Bertz CT molecular complexity index is 460. The minimum Gasteiger partial charge on any atom is -0.311 e. The topological polar surface area (TPSA) is 15.3 Å². The largest absolute Gasteiger partial charge is 0.311 e. The van der Waals surface area contributed by atoms with Gasteiger partial charge in [0.1, 0.15) is 0 Å². The highest BCUT2D eigenvalue weighted by molar-refractivity contribution is 5.28. The summed E-state index contributed by atoms with van der Waals surface area (Å²) < 4.78 is 0. The van der Waals surface area contributed by atoms with E-state index in [2.05, 4.69) is 70.0 Å². The molecule has 0 radical (unpaired) electrons. The van der Waals surface area contributed by atoms with Crippen LogP contribution in [0.5, 0.6) is 0 Å². The summed E-state index contributed by atoms with van der Waals surface area (Å²) in [5.74, 6) is 0.688. The quantitative estimate of drug-likeness (QED) is 0.904. The molecule has 1 aliphatic rings. The van der Waals surface area contributed by atoms with Crippen LogP contribution >= 0.6 is 0 Å². The van der Waals surface area contributed by atoms with Gasteiger partial charge in [-0.05, 0) is 38.7 Å². The monoisotopic (exact) mass is 288 g/mol. The summed E-state index contributed by atoms with van der Waals surface area (Å²) in [5, 5.41) is 3.76. The maximum absolute atomic E-state index is 3.76. The number of benzene rings is 1. The normalized spacial score (nSPS) is 27.3. The number of aryl methyl sites for hydroxylation is 2. The Kier molecular flexibility index (Phi) is 5.11. The summed E-state index contributed by atoms with van der Waals surface area (Å²) in [4.78, 5) is 2.70. The average molecular weight is 288 g/mol.